The Bertz CT molecular complexity index is 582. The van der Waals surface area contributed by atoms with Gasteiger partial charge in [-0.1, -0.05) is 54.1 Å². The molecule has 0 bridgehead atoms. The summed E-state index contributed by atoms with van der Waals surface area (Å²) < 4.78 is 0. The van der Waals surface area contributed by atoms with Crippen LogP contribution < -0.4 is 0 Å². The quantitative estimate of drug-likeness (QED) is 0.582. The smallest absolute Gasteiger partial charge is 0.186 e. The van der Waals surface area contributed by atoms with Gasteiger partial charge in [-0.2, -0.15) is 0 Å². The third-order valence-corrected chi connectivity index (χ3v) is 2.96. The number of rotatable bonds is 3. The first-order valence-electron chi connectivity index (χ1n) is 5.70. The Balaban J connectivity index is 2.17. The fraction of sp³-hybridized carbons (Fsp3) is 0.0625. The van der Waals surface area contributed by atoms with Crippen LogP contribution in [-0.4, -0.2) is 5.78 Å². The number of carbonyl (C=O) groups excluding carboxylic acids is 1. The molecule has 90 valence electrons. The highest BCUT2D eigenvalue weighted by molar-refractivity contribution is 6.30. The van der Waals surface area contributed by atoms with E-state index in [-0.39, 0.29) is 5.78 Å². The van der Waals surface area contributed by atoms with Gasteiger partial charge in [0.05, 0.1) is 0 Å². The first-order valence-corrected chi connectivity index (χ1v) is 6.08. The zero-order valence-electron chi connectivity index (χ0n) is 10.1. The third-order valence-electron chi connectivity index (χ3n) is 2.71. The van der Waals surface area contributed by atoms with Gasteiger partial charge in [0.25, 0.3) is 0 Å². The molecular formula is C16H13ClO. The molecule has 2 heteroatoms. The lowest BCUT2D eigenvalue weighted by molar-refractivity contribution is 0.104. The van der Waals surface area contributed by atoms with E-state index in [1.54, 1.807) is 24.3 Å². The summed E-state index contributed by atoms with van der Waals surface area (Å²) in [5, 5.41) is 0.692. The fourth-order valence-electron chi connectivity index (χ4n) is 1.68. The number of halogens is 1. The van der Waals surface area contributed by atoms with Crippen molar-refractivity contribution in [1.82, 2.24) is 0 Å². The Morgan fingerprint density at radius 2 is 1.72 bits per heavy atom. The average Bonchev–Trinajstić information content (AvgIpc) is 2.38. The van der Waals surface area contributed by atoms with E-state index in [0.29, 0.717) is 5.02 Å². The van der Waals surface area contributed by atoms with Gasteiger partial charge in [0.15, 0.2) is 5.78 Å². The number of aryl methyl sites for hydroxylation is 1. The van der Waals surface area contributed by atoms with E-state index in [2.05, 4.69) is 0 Å². The molecule has 1 nitrogen and oxygen atoms in total. The van der Waals surface area contributed by atoms with Gasteiger partial charge in [-0.15, -0.1) is 0 Å². The minimum atomic E-state index is 0.0167. The number of ketones is 1. The van der Waals surface area contributed by atoms with Crippen LogP contribution in [0.1, 0.15) is 21.5 Å². The van der Waals surface area contributed by atoms with Crippen molar-refractivity contribution in [2.75, 3.05) is 0 Å². The summed E-state index contributed by atoms with van der Waals surface area (Å²) in [5.74, 6) is 0.0167. The SMILES string of the molecule is Cc1ccccc1C(=O)C=Cc1ccc(Cl)cc1. The maximum absolute atomic E-state index is 12.0. The molecule has 0 aromatic heterocycles. The Labute approximate surface area is 112 Å². The largest absolute Gasteiger partial charge is 0.289 e. The highest BCUT2D eigenvalue weighted by atomic mass is 35.5. The second-order valence-corrected chi connectivity index (χ2v) is 4.50. The molecule has 0 saturated carbocycles. The van der Waals surface area contributed by atoms with E-state index in [9.17, 15) is 4.79 Å². The van der Waals surface area contributed by atoms with E-state index >= 15 is 0 Å². The van der Waals surface area contributed by atoms with Gasteiger partial charge < -0.3 is 0 Å². The molecule has 0 radical (unpaired) electrons. The molecule has 0 N–H and O–H groups in total. The van der Waals surface area contributed by atoms with E-state index < -0.39 is 0 Å². The van der Waals surface area contributed by atoms with E-state index in [1.165, 1.54) is 0 Å². The third kappa shape index (κ3) is 3.08. The standard InChI is InChI=1S/C16H13ClO/c1-12-4-2-3-5-15(12)16(18)11-8-13-6-9-14(17)10-7-13/h2-11H,1H3. The molecule has 0 amide bonds. The summed E-state index contributed by atoms with van der Waals surface area (Å²) >= 11 is 5.80. The summed E-state index contributed by atoms with van der Waals surface area (Å²) in [6.45, 7) is 1.93. The van der Waals surface area contributed by atoms with Crippen molar-refractivity contribution < 1.29 is 4.79 Å². The Morgan fingerprint density at radius 1 is 1.06 bits per heavy atom. The molecular weight excluding hydrogens is 244 g/mol. The zero-order chi connectivity index (χ0) is 13.0. The van der Waals surface area contributed by atoms with Gasteiger partial charge in [-0.3, -0.25) is 4.79 Å². The summed E-state index contributed by atoms with van der Waals surface area (Å²) in [6.07, 6.45) is 3.39. The fourth-order valence-corrected chi connectivity index (χ4v) is 1.81. The lowest BCUT2D eigenvalue weighted by atomic mass is 10.0. The van der Waals surface area contributed by atoms with E-state index in [1.807, 2.05) is 43.3 Å². The Morgan fingerprint density at radius 3 is 2.39 bits per heavy atom. The molecule has 2 rings (SSSR count). The first-order chi connectivity index (χ1) is 8.66. The van der Waals surface area contributed by atoms with Gasteiger partial charge in [-0.25, -0.2) is 0 Å². The van der Waals surface area contributed by atoms with Crippen molar-refractivity contribution in [1.29, 1.82) is 0 Å². The minimum absolute atomic E-state index is 0.0167. The maximum Gasteiger partial charge on any atom is 0.186 e. The van der Waals surface area contributed by atoms with Crippen LogP contribution in [0.15, 0.2) is 54.6 Å². The molecule has 0 aliphatic carbocycles. The molecule has 0 atom stereocenters. The van der Waals surface area contributed by atoms with Gasteiger partial charge >= 0.3 is 0 Å². The highest BCUT2D eigenvalue weighted by Crippen LogP contribution is 2.12. The Hall–Kier alpha value is -1.86. The molecule has 18 heavy (non-hydrogen) atoms. The Kier molecular flexibility index (Phi) is 3.96. The molecule has 0 aliphatic rings. The maximum atomic E-state index is 12.0. The normalized spacial score (nSPS) is 10.8. The number of hydrogen-bond acceptors (Lipinski definition) is 1. The topological polar surface area (TPSA) is 17.1 Å². The molecule has 0 heterocycles. The van der Waals surface area contributed by atoms with Crippen molar-refractivity contribution in [2.24, 2.45) is 0 Å². The van der Waals surface area contributed by atoms with Gasteiger partial charge in [0.1, 0.15) is 0 Å². The monoisotopic (exact) mass is 256 g/mol. The molecule has 0 aliphatic heterocycles. The van der Waals surface area contributed by atoms with Crippen molar-refractivity contribution in [3.8, 4) is 0 Å². The molecule has 0 saturated heterocycles. The van der Waals surface area contributed by atoms with Gasteiger partial charge in [0.2, 0.25) is 0 Å². The molecule has 2 aromatic carbocycles. The number of carbonyl (C=O) groups is 1. The molecule has 0 fully saturated rings. The summed E-state index contributed by atoms with van der Waals surface area (Å²) in [4.78, 5) is 12.0. The number of allylic oxidation sites excluding steroid dienone is 1. The van der Waals surface area contributed by atoms with E-state index in [0.717, 1.165) is 16.7 Å². The number of hydrogen-bond donors (Lipinski definition) is 0. The number of benzene rings is 2. The van der Waals surface area contributed by atoms with Gasteiger partial charge in [-0.05, 0) is 36.3 Å². The van der Waals surface area contributed by atoms with Crippen LogP contribution in [0.2, 0.25) is 5.02 Å². The van der Waals surface area contributed by atoms with Gasteiger partial charge in [0, 0.05) is 10.6 Å². The van der Waals surface area contributed by atoms with Crippen LogP contribution in [0.4, 0.5) is 0 Å². The molecule has 0 unspecified atom stereocenters. The summed E-state index contributed by atoms with van der Waals surface area (Å²) in [7, 11) is 0. The van der Waals surface area contributed by atoms with Crippen molar-refractivity contribution in [2.45, 2.75) is 6.92 Å². The summed E-state index contributed by atoms with van der Waals surface area (Å²) in [5.41, 5.74) is 2.69. The zero-order valence-corrected chi connectivity index (χ0v) is 10.8. The van der Waals surface area contributed by atoms with Crippen LogP contribution in [0, 0.1) is 6.92 Å². The van der Waals surface area contributed by atoms with Crippen molar-refractivity contribution in [3.63, 3.8) is 0 Å². The first kappa shape index (κ1) is 12.6. The van der Waals surface area contributed by atoms with Crippen LogP contribution in [-0.2, 0) is 0 Å². The molecule has 0 spiro atoms. The highest BCUT2D eigenvalue weighted by Gasteiger charge is 2.03. The van der Waals surface area contributed by atoms with Crippen LogP contribution in [0.3, 0.4) is 0 Å². The summed E-state index contributed by atoms with van der Waals surface area (Å²) in [6, 6.07) is 14.9. The average molecular weight is 257 g/mol. The van der Waals surface area contributed by atoms with Crippen LogP contribution in [0.5, 0.6) is 0 Å². The van der Waals surface area contributed by atoms with Crippen LogP contribution in [0.25, 0.3) is 6.08 Å². The lowest BCUT2D eigenvalue weighted by Gasteiger charge is -2.00. The predicted octanol–water partition coefficient (Wildman–Crippen LogP) is 4.54. The van der Waals surface area contributed by atoms with Crippen LogP contribution >= 0.6 is 11.6 Å². The molecule has 2 aromatic rings. The second-order valence-electron chi connectivity index (χ2n) is 4.06. The van der Waals surface area contributed by atoms with E-state index in [4.69, 9.17) is 11.6 Å². The minimum Gasteiger partial charge on any atom is -0.289 e. The second kappa shape index (κ2) is 5.65. The van der Waals surface area contributed by atoms with Crippen molar-refractivity contribution >= 4 is 23.5 Å². The predicted molar refractivity (Wildman–Crippen MR) is 76.0 cm³/mol. The lowest BCUT2D eigenvalue weighted by Crippen LogP contribution is -1.96. The van der Waals surface area contributed by atoms with Crippen molar-refractivity contribution in [3.05, 3.63) is 76.3 Å².